The van der Waals surface area contributed by atoms with Gasteiger partial charge in [0.15, 0.2) is 5.65 Å². The molecule has 13 heteroatoms. The Morgan fingerprint density at radius 3 is 2.40 bits per heavy atom. The molecule has 2 saturated heterocycles. The van der Waals surface area contributed by atoms with Crippen LogP contribution in [0.3, 0.4) is 0 Å². The summed E-state index contributed by atoms with van der Waals surface area (Å²) in [6.45, 7) is 1.63. The summed E-state index contributed by atoms with van der Waals surface area (Å²) < 4.78 is 8.53. The van der Waals surface area contributed by atoms with Crippen LogP contribution in [-0.4, -0.2) is 84.6 Å². The molecule has 2 aliphatic rings. The topological polar surface area (TPSA) is 130 Å². The highest BCUT2D eigenvalue weighted by Crippen LogP contribution is 2.30. The highest BCUT2D eigenvalue weighted by Gasteiger charge is 2.35. The summed E-state index contributed by atoms with van der Waals surface area (Å²) in [5.74, 6) is -0.130. The molecule has 0 unspecified atom stereocenters. The summed E-state index contributed by atoms with van der Waals surface area (Å²) in [6.07, 6.45) is 1.00. The zero-order valence-corrected chi connectivity index (χ0v) is 24.5. The Hall–Kier alpha value is -3.90. The Kier molecular flexibility index (Phi) is 7.91. The number of carbonyl (C=O) groups is 2. The lowest BCUT2D eigenvalue weighted by Crippen LogP contribution is -2.49. The van der Waals surface area contributed by atoms with Gasteiger partial charge in [0.25, 0.3) is 11.5 Å². The lowest BCUT2D eigenvalue weighted by Gasteiger charge is -2.38. The Bertz CT molecular complexity index is 1730. The molecule has 2 aliphatic heterocycles. The SMILES string of the molecule is O=C(c1ccc(Cl)cc1)N1CCC(O)(Cn2cnc3c(cc(Cl)n3-c3ccc([C@H]4COCCN4C(=O)O)cc3)c2=O)CC1. The summed E-state index contributed by atoms with van der Waals surface area (Å²) >= 11 is 12.5. The van der Waals surface area contributed by atoms with Crippen molar-refractivity contribution in [1.82, 2.24) is 23.9 Å². The number of ether oxygens (including phenoxy) is 1. The Balaban J connectivity index is 1.19. The summed E-state index contributed by atoms with van der Waals surface area (Å²) in [6, 6.07) is 15.0. The van der Waals surface area contributed by atoms with Gasteiger partial charge in [0.1, 0.15) is 11.5 Å². The first-order chi connectivity index (χ1) is 20.6. The molecule has 0 bridgehead atoms. The smallest absolute Gasteiger partial charge is 0.407 e. The molecule has 11 nitrogen and oxygen atoms in total. The van der Waals surface area contributed by atoms with Gasteiger partial charge in [-0.3, -0.25) is 23.6 Å². The molecular formula is C30H29Cl2N5O6. The van der Waals surface area contributed by atoms with Crippen molar-refractivity contribution in [2.45, 2.75) is 31.0 Å². The quantitative estimate of drug-likeness (QED) is 0.340. The second-order valence-electron chi connectivity index (χ2n) is 10.9. The Labute approximate surface area is 256 Å². The number of piperidine rings is 1. The lowest BCUT2D eigenvalue weighted by atomic mass is 9.91. The van der Waals surface area contributed by atoms with Gasteiger partial charge >= 0.3 is 6.09 Å². The Morgan fingerprint density at radius 1 is 1.02 bits per heavy atom. The third-order valence-electron chi connectivity index (χ3n) is 8.19. The second-order valence-corrected chi connectivity index (χ2v) is 11.7. The van der Waals surface area contributed by atoms with Crippen LogP contribution >= 0.6 is 23.2 Å². The number of fused-ring (bicyclic) bond motifs is 1. The number of rotatable bonds is 5. The first-order valence-corrected chi connectivity index (χ1v) is 14.6. The van der Waals surface area contributed by atoms with Crippen LogP contribution in [0.2, 0.25) is 10.2 Å². The minimum absolute atomic E-state index is 0.0266. The number of carboxylic acid groups (broad SMARTS) is 1. The highest BCUT2D eigenvalue weighted by atomic mass is 35.5. The van der Waals surface area contributed by atoms with Crippen molar-refractivity contribution in [2.24, 2.45) is 0 Å². The van der Waals surface area contributed by atoms with Crippen molar-refractivity contribution in [2.75, 3.05) is 32.8 Å². The number of carbonyl (C=O) groups excluding carboxylic acids is 1. The van der Waals surface area contributed by atoms with E-state index < -0.39 is 17.7 Å². The lowest BCUT2D eigenvalue weighted by molar-refractivity contribution is -0.0299. The minimum atomic E-state index is -1.19. The van der Waals surface area contributed by atoms with Crippen molar-refractivity contribution in [1.29, 1.82) is 0 Å². The van der Waals surface area contributed by atoms with Gasteiger partial charge in [0.2, 0.25) is 0 Å². The van der Waals surface area contributed by atoms with Crippen LogP contribution in [0.5, 0.6) is 0 Å². The number of amides is 2. The molecule has 0 radical (unpaired) electrons. The Morgan fingerprint density at radius 2 is 1.72 bits per heavy atom. The van der Waals surface area contributed by atoms with Crippen LogP contribution in [0, 0.1) is 0 Å². The summed E-state index contributed by atoms with van der Waals surface area (Å²) in [4.78, 5) is 45.6. The van der Waals surface area contributed by atoms with E-state index in [2.05, 4.69) is 4.98 Å². The van der Waals surface area contributed by atoms with Gasteiger partial charge in [-0.25, -0.2) is 9.78 Å². The molecule has 43 heavy (non-hydrogen) atoms. The number of nitrogens with zero attached hydrogens (tertiary/aromatic N) is 5. The third kappa shape index (κ3) is 5.73. The van der Waals surface area contributed by atoms with Crippen molar-refractivity contribution < 1.29 is 24.5 Å². The number of halogens is 2. The standard InChI is InChI=1S/C30H29Cl2N5O6/c31-21-5-1-20(2-6-21)27(38)34-11-9-30(42,10-12-34)17-35-18-33-26-23(28(35)39)15-25(32)37(26)22-7-3-19(4-8-22)24-16-43-14-13-36(24)29(40)41/h1-8,15,18,24,42H,9-14,16-17H2,(H,40,41)/t24-/m1/s1. The maximum Gasteiger partial charge on any atom is 0.407 e. The van der Waals surface area contributed by atoms with Crippen molar-refractivity contribution >= 4 is 46.2 Å². The van der Waals surface area contributed by atoms with Gasteiger partial charge in [-0.15, -0.1) is 0 Å². The minimum Gasteiger partial charge on any atom is -0.465 e. The van der Waals surface area contributed by atoms with Crippen LogP contribution in [0.15, 0.2) is 65.7 Å². The number of aliphatic hydroxyl groups is 1. The van der Waals surface area contributed by atoms with Gasteiger partial charge in [-0.05, 0) is 60.9 Å². The maximum absolute atomic E-state index is 13.5. The fourth-order valence-electron chi connectivity index (χ4n) is 5.77. The molecule has 2 fully saturated rings. The number of hydrogen-bond donors (Lipinski definition) is 2. The molecule has 0 aliphatic carbocycles. The molecule has 2 N–H and O–H groups in total. The number of hydrogen-bond acceptors (Lipinski definition) is 6. The molecule has 4 aromatic rings. The summed E-state index contributed by atoms with van der Waals surface area (Å²) in [5, 5.41) is 22.0. The van der Waals surface area contributed by atoms with Crippen LogP contribution in [-0.2, 0) is 11.3 Å². The van der Waals surface area contributed by atoms with Crippen molar-refractivity contribution in [3.8, 4) is 5.69 Å². The molecule has 224 valence electrons. The average Bonchev–Trinajstić information content (AvgIpc) is 3.35. The molecule has 2 aromatic heterocycles. The first kappa shape index (κ1) is 29.2. The third-order valence-corrected chi connectivity index (χ3v) is 8.72. The first-order valence-electron chi connectivity index (χ1n) is 13.8. The van der Waals surface area contributed by atoms with E-state index in [1.165, 1.54) is 15.8 Å². The number of benzene rings is 2. The van der Waals surface area contributed by atoms with Gasteiger partial charge in [-0.2, -0.15) is 0 Å². The second kappa shape index (κ2) is 11.6. The van der Waals surface area contributed by atoms with E-state index in [0.717, 1.165) is 5.56 Å². The van der Waals surface area contributed by atoms with E-state index in [1.54, 1.807) is 51.9 Å². The zero-order chi connectivity index (χ0) is 30.3. The average molecular weight is 626 g/mol. The van der Waals surface area contributed by atoms with Gasteiger partial charge < -0.3 is 19.8 Å². The fourth-order valence-corrected chi connectivity index (χ4v) is 6.19. The van der Waals surface area contributed by atoms with Crippen LogP contribution in [0.1, 0.15) is 34.8 Å². The van der Waals surface area contributed by atoms with E-state index in [4.69, 9.17) is 27.9 Å². The highest BCUT2D eigenvalue weighted by molar-refractivity contribution is 6.31. The molecule has 4 heterocycles. The van der Waals surface area contributed by atoms with Gasteiger partial charge in [0, 0.05) is 35.9 Å². The predicted molar refractivity (Wildman–Crippen MR) is 160 cm³/mol. The number of likely N-dealkylation sites (tertiary alicyclic amines) is 1. The fraction of sp³-hybridized carbons (Fsp3) is 0.333. The zero-order valence-electron chi connectivity index (χ0n) is 23.0. The number of morpholine rings is 1. The van der Waals surface area contributed by atoms with E-state index >= 15 is 0 Å². The van der Waals surface area contributed by atoms with Crippen LogP contribution in [0.25, 0.3) is 16.7 Å². The number of aromatic nitrogens is 3. The van der Waals surface area contributed by atoms with E-state index in [9.17, 15) is 24.6 Å². The monoisotopic (exact) mass is 625 g/mol. The molecule has 0 saturated carbocycles. The normalized spacial score (nSPS) is 18.6. The van der Waals surface area contributed by atoms with E-state index in [-0.39, 0.29) is 29.8 Å². The molecular weight excluding hydrogens is 597 g/mol. The maximum atomic E-state index is 13.5. The molecule has 0 spiro atoms. The van der Waals surface area contributed by atoms with Crippen LogP contribution in [0.4, 0.5) is 4.79 Å². The van der Waals surface area contributed by atoms with Gasteiger partial charge in [-0.1, -0.05) is 35.3 Å². The largest absolute Gasteiger partial charge is 0.465 e. The molecule has 2 aromatic carbocycles. The van der Waals surface area contributed by atoms with Crippen molar-refractivity contribution in [3.63, 3.8) is 0 Å². The molecule has 2 amide bonds. The van der Waals surface area contributed by atoms with Crippen LogP contribution < -0.4 is 5.56 Å². The summed E-state index contributed by atoms with van der Waals surface area (Å²) in [7, 11) is 0. The van der Waals surface area contributed by atoms with E-state index in [0.29, 0.717) is 66.4 Å². The van der Waals surface area contributed by atoms with Crippen molar-refractivity contribution in [3.05, 3.63) is 92.6 Å². The molecule has 6 rings (SSSR count). The molecule has 1 atom stereocenters. The van der Waals surface area contributed by atoms with Gasteiger partial charge in [0.05, 0.1) is 36.8 Å². The predicted octanol–water partition coefficient (Wildman–Crippen LogP) is 4.21. The van der Waals surface area contributed by atoms with E-state index in [1.807, 2.05) is 12.1 Å². The summed E-state index contributed by atoms with van der Waals surface area (Å²) in [5.41, 5.74) is 0.799.